The summed E-state index contributed by atoms with van der Waals surface area (Å²) in [5.41, 5.74) is 7.08. The maximum atomic E-state index is 13.3. The molecule has 2 nitrogen and oxygen atoms in total. The fourth-order valence-corrected chi connectivity index (χ4v) is 2.72. The molecule has 16 heavy (non-hydrogen) atoms. The van der Waals surface area contributed by atoms with Crippen molar-refractivity contribution in [2.24, 2.45) is 17.1 Å². The van der Waals surface area contributed by atoms with E-state index in [1.165, 1.54) is 13.2 Å². The molecule has 0 bridgehead atoms. The molecule has 0 radical (unpaired) electrons. The summed E-state index contributed by atoms with van der Waals surface area (Å²) < 4.78 is 18.3. The third-order valence-electron chi connectivity index (χ3n) is 3.84. The van der Waals surface area contributed by atoms with Gasteiger partial charge in [-0.15, -0.1) is 0 Å². The van der Waals surface area contributed by atoms with E-state index in [1.807, 2.05) is 6.07 Å². The van der Waals surface area contributed by atoms with Crippen molar-refractivity contribution in [3.63, 3.8) is 0 Å². The van der Waals surface area contributed by atoms with Crippen molar-refractivity contribution in [1.29, 1.82) is 0 Å². The average Bonchev–Trinajstić information content (AvgIpc) is 2.81. The number of rotatable bonds is 3. The van der Waals surface area contributed by atoms with Gasteiger partial charge in [-0.25, -0.2) is 4.39 Å². The van der Waals surface area contributed by atoms with Crippen molar-refractivity contribution >= 4 is 0 Å². The number of benzene rings is 1. The van der Waals surface area contributed by atoms with Crippen LogP contribution in [0.2, 0.25) is 0 Å². The molecule has 0 unspecified atom stereocenters. The van der Waals surface area contributed by atoms with Gasteiger partial charge in [-0.3, -0.25) is 0 Å². The van der Waals surface area contributed by atoms with Gasteiger partial charge in [-0.05, 0) is 41.5 Å². The predicted molar refractivity (Wildman–Crippen MR) is 62.0 cm³/mol. The van der Waals surface area contributed by atoms with Crippen LogP contribution in [0.1, 0.15) is 25.3 Å². The maximum absolute atomic E-state index is 13.3. The Hall–Kier alpha value is -1.09. The van der Waals surface area contributed by atoms with Crippen molar-refractivity contribution in [3.8, 4) is 5.75 Å². The molecule has 1 aliphatic rings. The SMILES string of the molecule is COc1cc([C@@H]2[C@@H](CN)C2(C)C)ccc1F. The van der Waals surface area contributed by atoms with Crippen LogP contribution in [0.25, 0.3) is 0 Å². The van der Waals surface area contributed by atoms with Crippen LogP contribution in [-0.2, 0) is 0 Å². The number of hydrogen-bond donors (Lipinski definition) is 1. The molecule has 0 aliphatic heterocycles. The summed E-state index contributed by atoms with van der Waals surface area (Å²) in [6.07, 6.45) is 0. The highest BCUT2D eigenvalue weighted by Gasteiger charge is 2.57. The number of nitrogens with two attached hydrogens (primary N) is 1. The zero-order valence-corrected chi connectivity index (χ0v) is 9.96. The molecule has 1 saturated carbocycles. The van der Waals surface area contributed by atoms with Gasteiger partial charge in [0.25, 0.3) is 0 Å². The van der Waals surface area contributed by atoms with Gasteiger partial charge in [-0.1, -0.05) is 19.9 Å². The van der Waals surface area contributed by atoms with Crippen molar-refractivity contribution in [2.45, 2.75) is 19.8 Å². The van der Waals surface area contributed by atoms with Gasteiger partial charge in [-0.2, -0.15) is 0 Å². The maximum Gasteiger partial charge on any atom is 0.165 e. The first-order valence-corrected chi connectivity index (χ1v) is 5.56. The summed E-state index contributed by atoms with van der Waals surface area (Å²) in [6.45, 7) is 5.08. The average molecular weight is 223 g/mol. The molecule has 0 saturated heterocycles. The second kappa shape index (κ2) is 3.74. The number of methoxy groups -OCH3 is 1. The summed E-state index contributed by atoms with van der Waals surface area (Å²) in [5.74, 6) is 0.916. The fraction of sp³-hybridized carbons (Fsp3) is 0.538. The highest BCUT2D eigenvalue weighted by Crippen LogP contribution is 2.64. The molecule has 3 heteroatoms. The van der Waals surface area contributed by atoms with E-state index in [9.17, 15) is 4.39 Å². The molecule has 1 aliphatic carbocycles. The predicted octanol–water partition coefficient (Wildman–Crippen LogP) is 2.53. The minimum Gasteiger partial charge on any atom is -0.494 e. The van der Waals surface area contributed by atoms with E-state index in [0.29, 0.717) is 24.1 Å². The Morgan fingerprint density at radius 3 is 2.62 bits per heavy atom. The number of halogens is 1. The topological polar surface area (TPSA) is 35.2 Å². The lowest BCUT2D eigenvalue weighted by Gasteiger charge is -2.06. The fourth-order valence-electron chi connectivity index (χ4n) is 2.72. The van der Waals surface area contributed by atoms with Crippen molar-refractivity contribution in [2.75, 3.05) is 13.7 Å². The van der Waals surface area contributed by atoms with Crippen molar-refractivity contribution in [1.82, 2.24) is 0 Å². The Morgan fingerprint density at radius 1 is 1.44 bits per heavy atom. The van der Waals surface area contributed by atoms with Gasteiger partial charge in [0.1, 0.15) is 0 Å². The third-order valence-corrected chi connectivity index (χ3v) is 3.84. The van der Waals surface area contributed by atoms with E-state index in [0.717, 1.165) is 5.56 Å². The Bertz CT molecular complexity index is 403. The first kappa shape index (κ1) is 11.4. The lowest BCUT2D eigenvalue weighted by Crippen LogP contribution is -2.05. The van der Waals surface area contributed by atoms with Crippen molar-refractivity contribution in [3.05, 3.63) is 29.6 Å². The molecule has 1 aromatic rings. The molecule has 2 N–H and O–H groups in total. The standard InChI is InChI=1S/C13H18FNO/c1-13(2)9(7-15)12(13)8-4-5-10(14)11(6-8)16-3/h4-6,9,12H,7,15H2,1-3H3/t9-,12-/m1/s1. The summed E-state index contributed by atoms with van der Waals surface area (Å²) in [6, 6.07) is 5.09. The summed E-state index contributed by atoms with van der Waals surface area (Å²) >= 11 is 0. The zero-order valence-electron chi connectivity index (χ0n) is 9.96. The number of ether oxygens (including phenoxy) is 1. The zero-order chi connectivity index (χ0) is 11.9. The Balaban J connectivity index is 2.30. The molecule has 1 aromatic carbocycles. The van der Waals surface area contributed by atoms with Crippen LogP contribution in [-0.4, -0.2) is 13.7 Å². The van der Waals surface area contributed by atoms with Crippen LogP contribution < -0.4 is 10.5 Å². The van der Waals surface area contributed by atoms with Crippen LogP contribution in [0, 0.1) is 17.2 Å². The lowest BCUT2D eigenvalue weighted by molar-refractivity contribution is 0.385. The van der Waals surface area contributed by atoms with E-state index < -0.39 is 0 Å². The number of hydrogen-bond acceptors (Lipinski definition) is 2. The van der Waals surface area contributed by atoms with Gasteiger partial charge >= 0.3 is 0 Å². The molecule has 88 valence electrons. The molecule has 2 atom stereocenters. The normalized spacial score (nSPS) is 26.6. The second-order valence-corrected chi connectivity index (χ2v) is 5.04. The minimum absolute atomic E-state index is 0.220. The first-order chi connectivity index (χ1) is 7.52. The smallest absolute Gasteiger partial charge is 0.165 e. The Kier molecular flexibility index (Phi) is 2.66. The van der Waals surface area contributed by atoms with Gasteiger partial charge in [0.05, 0.1) is 7.11 Å². The second-order valence-electron chi connectivity index (χ2n) is 5.04. The molecular weight excluding hydrogens is 205 g/mol. The Morgan fingerprint density at radius 2 is 2.12 bits per heavy atom. The van der Waals surface area contributed by atoms with E-state index in [1.54, 1.807) is 6.07 Å². The molecule has 0 amide bonds. The molecule has 0 heterocycles. The van der Waals surface area contributed by atoms with E-state index in [-0.39, 0.29) is 11.2 Å². The highest BCUT2D eigenvalue weighted by atomic mass is 19.1. The van der Waals surface area contributed by atoms with Gasteiger partial charge in [0.2, 0.25) is 0 Å². The van der Waals surface area contributed by atoms with Gasteiger partial charge in [0.15, 0.2) is 11.6 Å². The minimum atomic E-state index is -0.311. The molecular formula is C13H18FNO. The van der Waals surface area contributed by atoms with E-state index in [2.05, 4.69) is 13.8 Å². The highest BCUT2D eigenvalue weighted by molar-refractivity contribution is 5.38. The van der Waals surface area contributed by atoms with Crippen LogP contribution in [0.4, 0.5) is 4.39 Å². The molecule has 0 aromatic heterocycles. The molecule has 2 rings (SSSR count). The first-order valence-electron chi connectivity index (χ1n) is 5.56. The van der Waals surface area contributed by atoms with Crippen molar-refractivity contribution < 1.29 is 9.13 Å². The van der Waals surface area contributed by atoms with Crippen LogP contribution in [0.5, 0.6) is 5.75 Å². The third kappa shape index (κ3) is 1.59. The van der Waals surface area contributed by atoms with Crippen LogP contribution >= 0.6 is 0 Å². The summed E-state index contributed by atoms with van der Waals surface area (Å²) in [7, 11) is 1.49. The van der Waals surface area contributed by atoms with Gasteiger partial charge in [0, 0.05) is 0 Å². The van der Waals surface area contributed by atoms with E-state index >= 15 is 0 Å². The van der Waals surface area contributed by atoms with Crippen LogP contribution in [0.3, 0.4) is 0 Å². The summed E-state index contributed by atoms with van der Waals surface area (Å²) in [4.78, 5) is 0. The summed E-state index contributed by atoms with van der Waals surface area (Å²) in [5, 5.41) is 0. The molecule has 1 fully saturated rings. The lowest BCUT2D eigenvalue weighted by atomic mass is 10.0. The van der Waals surface area contributed by atoms with Gasteiger partial charge < -0.3 is 10.5 Å². The van der Waals surface area contributed by atoms with Crippen LogP contribution in [0.15, 0.2) is 18.2 Å². The monoisotopic (exact) mass is 223 g/mol. The molecule has 0 spiro atoms. The quantitative estimate of drug-likeness (QED) is 0.854. The Labute approximate surface area is 95.6 Å². The van der Waals surface area contributed by atoms with E-state index in [4.69, 9.17) is 10.5 Å². The largest absolute Gasteiger partial charge is 0.494 e.